The SMILES string of the molecule is CCC(NS(=O)(=O)C1CCCC1C(=O)OC)c1cccs1. The molecule has 1 N–H and O–H groups in total. The second-order valence-electron chi connectivity index (χ2n) is 5.24. The Morgan fingerprint density at radius 1 is 1.52 bits per heavy atom. The molecule has 1 aromatic heterocycles. The maximum atomic E-state index is 12.6. The predicted octanol–water partition coefficient (Wildman–Crippen LogP) is 2.46. The summed E-state index contributed by atoms with van der Waals surface area (Å²) in [7, 11) is -2.24. The lowest BCUT2D eigenvalue weighted by atomic mass is 10.1. The fraction of sp³-hybridized carbons (Fsp3) is 0.643. The van der Waals surface area contributed by atoms with Crippen molar-refractivity contribution in [2.45, 2.75) is 43.9 Å². The van der Waals surface area contributed by atoms with Crippen molar-refractivity contribution in [3.8, 4) is 0 Å². The van der Waals surface area contributed by atoms with Crippen LogP contribution >= 0.6 is 11.3 Å². The van der Waals surface area contributed by atoms with Gasteiger partial charge in [-0.1, -0.05) is 19.4 Å². The van der Waals surface area contributed by atoms with E-state index in [1.54, 1.807) is 0 Å². The van der Waals surface area contributed by atoms with Crippen molar-refractivity contribution in [2.75, 3.05) is 7.11 Å². The molecule has 1 fully saturated rings. The van der Waals surface area contributed by atoms with Gasteiger partial charge in [0.2, 0.25) is 10.0 Å². The molecule has 2 rings (SSSR count). The van der Waals surface area contributed by atoms with Crippen molar-refractivity contribution >= 4 is 27.3 Å². The Hall–Kier alpha value is -0.920. The van der Waals surface area contributed by atoms with E-state index >= 15 is 0 Å². The van der Waals surface area contributed by atoms with Crippen LogP contribution in [-0.2, 0) is 19.6 Å². The Morgan fingerprint density at radius 2 is 2.29 bits per heavy atom. The lowest BCUT2D eigenvalue weighted by Gasteiger charge is -2.22. The molecule has 21 heavy (non-hydrogen) atoms. The maximum absolute atomic E-state index is 12.6. The number of hydrogen-bond acceptors (Lipinski definition) is 5. The van der Waals surface area contributed by atoms with E-state index in [4.69, 9.17) is 4.74 Å². The van der Waals surface area contributed by atoms with Crippen LogP contribution in [0.25, 0.3) is 0 Å². The molecule has 0 aromatic carbocycles. The normalized spacial score (nSPS) is 23.9. The van der Waals surface area contributed by atoms with Crippen molar-refractivity contribution in [3.63, 3.8) is 0 Å². The zero-order valence-electron chi connectivity index (χ0n) is 12.2. The summed E-state index contributed by atoms with van der Waals surface area (Å²) in [4.78, 5) is 12.7. The molecule has 3 atom stereocenters. The van der Waals surface area contributed by atoms with Gasteiger partial charge in [0, 0.05) is 4.88 Å². The number of methoxy groups -OCH3 is 1. The second-order valence-corrected chi connectivity index (χ2v) is 8.15. The molecule has 0 amide bonds. The third-order valence-corrected chi connectivity index (χ3v) is 6.92. The Bertz CT molecular complexity index is 568. The summed E-state index contributed by atoms with van der Waals surface area (Å²) in [6.45, 7) is 1.94. The highest BCUT2D eigenvalue weighted by Crippen LogP contribution is 2.33. The molecule has 0 saturated heterocycles. The number of sulfonamides is 1. The Kier molecular flexibility index (Phi) is 5.40. The lowest BCUT2D eigenvalue weighted by molar-refractivity contribution is -0.145. The molecule has 7 heteroatoms. The van der Waals surface area contributed by atoms with Gasteiger partial charge in [0.1, 0.15) is 0 Å². The molecule has 118 valence electrons. The summed E-state index contributed by atoms with van der Waals surface area (Å²) in [6.07, 6.45) is 2.50. The molecule has 0 aliphatic heterocycles. The number of esters is 1. The maximum Gasteiger partial charge on any atom is 0.310 e. The van der Waals surface area contributed by atoms with Crippen molar-refractivity contribution in [2.24, 2.45) is 5.92 Å². The van der Waals surface area contributed by atoms with Crippen LogP contribution in [0.1, 0.15) is 43.5 Å². The van der Waals surface area contributed by atoms with Crippen LogP contribution in [0.3, 0.4) is 0 Å². The third-order valence-electron chi connectivity index (χ3n) is 3.96. The minimum Gasteiger partial charge on any atom is -0.469 e. The van der Waals surface area contributed by atoms with E-state index < -0.39 is 27.2 Å². The van der Waals surface area contributed by atoms with Gasteiger partial charge in [0.15, 0.2) is 0 Å². The van der Waals surface area contributed by atoms with Crippen LogP contribution in [0.4, 0.5) is 0 Å². The highest BCUT2D eigenvalue weighted by molar-refractivity contribution is 7.90. The first-order valence-corrected chi connectivity index (χ1v) is 9.54. The minimum absolute atomic E-state index is 0.228. The van der Waals surface area contributed by atoms with Crippen molar-refractivity contribution in [1.82, 2.24) is 4.72 Å². The average molecular weight is 331 g/mol. The fourth-order valence-electron chi connectivity index (χ4n) is 2.84. The van der Waals surface area contributed by atoms with Crippen LogP contribution in [0, 0.1) is 5.92 Å². The Balaban J connectivity index is 2.15. The molecule has 0 spiro atoms. The van der Waals surface area contributed by atoms with Crippen LogP contribution in [0.5, 0.6) is 0 Å². The van der Waals surface area contributed by atoms with E-state index in [1.807, 2.05) is 24.4 Å². The quantitative estimate of drug-likeness (QED) is 0.813. The molecule has 3 unspecified atom stereocenters. The van der Waals surface area contributed by atoms with Crippen molar-refractivity contribution in [3.05, 3.63) is 22.4 Å². The summed E-state index contributed by atoms with van der Waals surface area (Å²) in [6, 6.07) is 3.60. The summed E-state index contributed by atoms with van der Waals surface area (Å²) >= 11 is 1.53. The minimum atomic E-state index is -3.55. The lowest BCUT2D eigenvalue weighted by Crippen LogP contribution is -2.40. The summed E-state index contributed by atoms with van der Waals surface area (Å²) in [5.41, 5.74) is 0. The topological polar surface area (TPSA) is 72.5 Å². The van der Waals surface area contributed by atoms with E-state index in [0.29, 0.717) is 19.3 Å². The molecule has 0 bridgehead atoms. The van der Waals surface area contributed by atoms with Gasteiger partial charge in [-0.15, -0.1) is 11.3 Å². The van der Waals surface area contributed by atoms with Gasteiger partial charge in [-0.3, -0.25) is 4.79 Å². The summed E-state index contributed by atoms with van der Waals surface area (Å²) in [5, 5.41) is 1.25. The molecule has 0 radical (unpaired) electrons. The second kappa shape index (κ2) is 6.89. The van der Waals surface area contributed by atoms with Crippen LogP contribution in [0.15, 0.2) is 17.5 Å². The zero-order chi connectivity index (χ0) is 15.5. The van der Waals surface area contributed by atoms with E-state index in [1.165, 1.54) is 18.4 Å². The Labute approximate surface area is 129 Å². The predicted molar refractivity (Wildman–Crippen MR) is 82.6 cm³/mol. The first kappa shape index (κ1) is 16.5. The highest BCUT2D eigenvalue weighted by atomic mass is 32.2. The molecule has 5 nitrogen and oxygen atoms in total. The van der Waals surface area contributed by atoms with Crippen molar-refractivity contribution < 1.29 is 17.9 Å². The number of carbonyl (C=O) groups is 1. The summed E-state index contributed by atoms with van der Waals surface area (Å²) in [5.74, 6) is -0.972. The van der Waals surface area contributed by atoms with Gasteiger partial charge < -0.3 is 4.74 Å². The van der Waals surface area contributed by atoms with Gasteiger partial charge in [0.25, 0.3) is 0 Å². The largest absolute Gasteiger partial charge is 0.469 e. The van der Waals surface area contributed by atoms with Gasteiger partial charge in [-0.2, -0.15) is 0 Å². The number of hydrogen-bond donors (Lipinski definition) is 1. The molecular formula is C14H21NO4S2. The molecule has 1 aliphatic rings. The van der Waals surface area contributed by atoms with Crippen LogP contribution in [0.2, 0.25) is 0 Å². The number of rotatable bonds is 6. The van der Waals surface area contributed by atoms with E-state index in [2.05, 4.69) is 4.72 Å². The third kappa shape index (κ3) is 3.64. The molecule has 1 aliphatic carbocycles. The first-order chi connectivity index (χ1) is 9.99. The van der Waals surface area contributed by atoms with E-state index in [-0.39, 0.29) is 6.04 Å². The molecule has 1 aromatic rings. The monoisotopic (exact) mass is 331 g/mol. The van der Waals surface area contributed by atoms with Crippen LogP contribution < -0.4 is 4.72 Å². The molecule has 1 heterocycles. The fourth-order valence-corrected chi connectivity index (χ4v) is 5.79. The number of thiophene rings is 1. The smallest absolute Gasteiger partial charge is 0.310 e. The average Bonchev–Trinajstić information content (AvgIpc) is 3.14. The Morgan fingerprint density at radius 3 is 2.86 bits per heavy atom. The van der Waals surface area contributed by atoms with Crippen molar-refractivity contribution in [1.29, 1.82) is 0 Å². The van der Waals surface area contributed by atoms with Gasteiger partial charge in [0.05, 0.1) is 24.3 Å². The highest BCUT2D eigenvalue weighted by Gasteiger charge is 2.42. The standard InChI is InChI=1S/C14H21NO4S2/c1-3-11(12-7-5-9-20-12)15-21(17,18)13-8-4-6-10(13)14(16)19-2/h5,7,9-11,13,15H,3-4,6,8H2,1-2H3. The van der Waals surface area contributed by atoms with Crippen LogP contribution in [-0.4, -0.2) is 26.7 Å². The first-order valence-electron chi connectivity index (χ1n) is 7.12. The molecule has 1 saturated carbocycles. The molecular weight excluding hydrogens is 310 g/mol. The zero-order valence-corrected chi connectivity index (χ0v) is 13.9. The number of carbonyl (C=O) groups excluding carboxylic acids is 1. The number of ether oxygens (including phenoxy) is 1. The summed E-state index contributed by atoms with van der Waals surface area (Å²) < 4.78 is 32.7. The van der Waals surface area contributed by atoms with Gasteiger partial charge in [-0.05, 0) is 30.7 Å². The number of nitrogens with one attached hydrogen (secondary N) is 1. The van der Waals surface area contributed by atoms with Gasteiger partial charge in [-0.25, -0.2) is 13.1 Å². The van der Waals surface area contributed by atoms with Gasteiger partial charge >= 0.3 is 5.97 Å². The van der Waals surface area contributed by atoms with E-state index in [9.17, 15) is 13.2 Å². The van der Waals surface area contributed by atoms with E-state index in [0.717, 1.165) is 11.3 Å².